The van der Waals surface area contributed by atoms with E-state index in [1.807, 2.05) is 19.9 Å². The monoisotopic (exact) mass is 443 g/mol. The van der Waals surface area contributed by atoms with Crippen LogP contribution in [-0.4, -0.2) is 32.2 Å². The number of fused-ring (bicyclic) bond motifs is 1. The molecule has 0 saturated carbocycles. The van der Waals surface area contributed by atoms with Crippen LogP contribution in [-0.2, 0) is 22.4 Å². The number of methoxy groups -OCH3 is 2. The summed E-state index contributed by atoms with van der Waals surface area (Å²) in [7, 11) is 3.14. The number of rotatable bonds is 7. The second-order valence-corrected chi connectivity index (χ2v) is 8.76. The van der Waals surface area contributed by atoms with E-state index < -0.39 is 0 Å². The fraction of sp³-hybridized carbons (Fsp3) is 0.417. The van der Waals surface area contributed by atoms with Gasteiger partial charge in [0.2, 0.25) is 5.91 Å². The quantitative estimate of drug-likeness (QED) is 0.359. The topological polar surface area (TPSA) is 73.9 Å². The summed E-state index contributed by atoms with van der Waals surface area (Å²) in [6.45, 7) is 3.65. The van der Waals surface area contributed by atoms with Gasteiger partial charge in [-0.2, -0.15) is 0 Å². The van der Waals surface area contributed by atoms with Gasteiger partial charge in [-0.1, -0.05) is 12.5 Å². The fourth-order valence-corrected chi connectivity index (χ4v) is 4.88. The summed E-state index contributed by atoms with van der Waals surface area (Å²) < 4.78 is 16.0. The minimum Gasteiger partial charge on any atom is -0.493 e. The second-order valence-electron chi connectivity index (χ2n) is 7.66. The first-order chi connectivity index (χ1) is 14.9. The van der Waals surface area contributed by atoms with Crippen LogP contribution in [0.15, 0.2) is 24.3 Å². The Bertz CT molecular complexity index is 977. The van der Waals surface area contributed by atoms with Crippen LogP contribution in [0, 0.1) is 0 Å². The number of benzene rings is 1. The van der Waals surface area contributed by atoms with Crippen LogP contribution in [0.2, 0.25) is 0 Å². The molecule has 1 aromatic carbocycles. The minimum absolute atomic E-state index is 0.220. The molecule has 0 fully saturated rings. The largest absolute Gasteiger partial charge is 0.493 e. The summed E-state index contributed by atoms with van der Waals surface area (Å²) in [5, 5.41) is 3.47. The van der Waals surface area contributed by atoms with Gasteiger partial charge in [0.05, 0.1) is 25.9 Å². The van der Waals surface area contributed by atoms with E-state index in [2.05, 4.69) is 5.32 Å². The predicted molar refractivity (Wildman–Crippen MR) is 123 cm³/mol. The van der Waals surface area contributed by atoms with E-state index in [1.54, 1.807) is 32.4 Å². The van der Waals surface area contributed by atoms with Gasteiger partial charge >= 0.3 is 5.97 Å². The molecule has 1 aromatic heterocycles. The predicted octanol–water partition coefficient (Wildman–Crippen LogP) is 5.25. The van der Waals surface area contributed by atoms with Crippen molar-refractivity contribution < 1.29 is 23.8 Å². The summed E-state index contributed by atoms with van der Waals surface area (Å²) in [6.07, 6.45) is 7.98. The molecular weight excluding hydrogens is 414 g/mol. The zero-order valence-corrected chi connectivity index (χ0v) is 19.3. The summed E-state index contributed by atoms with van der Waals surface area (Å²) in [6, 6.07) is 5.41. The van der Waals surface area contributed by atoms with Gasteiger partial charge in [-0.15, -0.1) is 11.3 Å². The van der Waals surface area contributed by atoms with Crippen LogP contribution < -0.4 is 14.8 Å². The van der Waals surface area contributed by atoms with Crippen molar-refractivity contribution in [2.45, 2.75) is 52.1 Å². The first-order valence-electron chi connectivity index (χ1n) is 10.5. The highest BCUT2D eigenvalue weighted by atomic mass is 32.1. The molecule has 0 radical (unpaired) electrons. The lowest BCUT2D eigenvalue weighted by Gasteiger charge is -2.11. The number of thiophene rings is 1. The Morgan fingerprint density at radius 2 is 1.81 bits per heavy atom. The smallest absolute Gasteiger partial charge is 0.341 e. The van der Waals surface area contributed by atoms with Crippen LogP contribution in [0.1, 0.15) is 59.5 Å². The maximum atomic E-state index is 12.8. The minimum atomic E-state index is -0.367. The van der Waals surface area contributed by atoms with Gasteiger partial charge in [-0.25, -0.2) is 4.79 Å². The number of esters is 1. The molecule has 0 bridgehead atoms. The van der Waals surface area contributed by atoms with E-state index >= 15 is 0 Å². The normalized spacial score (nSPS) is 13.6. The maximum absolute atomic E-state index is 12.8. The first kappa shape index (κ1) is 22.9. The number of aryl methyl sites for hydroxylation is 1. The van der Waals surface area contributed by atoms with E-state index in [4.69, 9.17) is 14.2 Å². The van der Waals surface area contributed by atoms with Crippen LogP contribution in [0.25, 0.3) is 6.08 Å². The summed E-state index contributed by atoms with van der Waals surface area (Å²) in [5.41, 5.74) is 2.35. The van der Waals surface area contributed by atoms with Crippen molar-refractivity contribution in [3.8, 4) is 11.5 Å². The van der Waals surface area contributed by atoms with Crippen molar-refractivity contribution in [1.82, 2.24) is 0 Å². The molecule has 166 valence electrons. The average molecular weight is 444 g/mol. The maximum Gasteiger partial charge on any atom is 0.341 e. The van der Waals surface area contributed by atoms with Crippen molar-refractivity contribution in [3.63, 3.8) is 0 Å². The van der Waals surface area contributed by atoms with Gasteiger partial charge in [-0.05, 0) is 68.9 Å². The highest BCUT2D eigenvalue weighted by Gasteiger charge is 2.27. The molecule has 0 aliphatic heterocycles. The molecule has 1 aliphatic carbocycles. The molecule has 7 heteroatoms. The Hall–Kier alpha value is -2.80. The third kappa shape index (κ3) is 5.67. The van der Waals surface area contributed by atoms with Gasteiger partial charge in [0, 0.05) is 11.0 Å². The molecule has 0 atom stereocenters. The Morgan fingerprint density at radius 3 is 2.52 bits per heavy atom. The number of amides is 1. The Labute approximate surface area is 187 Å². The van der Waals surface area contributed by atoms with E-state index in [9.17, 15) is 9.59 Å². The summed E-state index contributed by atoms with van der Waals surface area (Å²) >= 11 is 1.49. The van der Waals surface area contributed by atoms with Crippen molar-refractivity contribution in [2.24, 2.45) is 0 Å². The Kier molecular flexibility index (Phi) is 7.74. The van der Waals surface area contributed by atoms with Crippen molar-refractivity contribution in [2.75, 3.05) is 19.5 Å². The van der Waals surface area contributed by atoms with Crippen LogP contribution >= 0.6 is 11.3 Å². The molecule has 6 nitrogen and oxygen atoms in total. The molecule has 1 amide bonds. The zero-order valence-electron chi connectivity index (χ0n) is 18.4. The van der Waals surface area contributed by atoms with Crippen molar-refractivity contribution in [3.05, 3.63) is 45.8 Å². The Morgan fingerprint density at radius 1 is 1.06 bits per heavy atom. The summed E-state index contributed by atoms with van der Waals surface area (Å²) in [5.74, 6) is 0.543. The molecule has 1 aliphatic rings. The summed E-state index contributed by atoms with van der Waals surface area (Å²) in [4.78, 5) is 26.6. The zero-order chi connectivity index (χ0) is 22.4. The van der Waals surface area contributed by atoms with Crippen LogP contribution in [0.4, 0.5) is 5.00 Å². The number of nitrogens with one attached hydrogen (secondary N) is 1. The molecule has 3 rings (SSSR count). The lowest BCUT2D eigenvalue weighted by molar-refractivity contribution is -0.111. The molecule has 1 heterocycles. The molecule has 0 unspecified atom stereocenters. The molecule has 0 saturated heterocycles. The van der Waals surface area contributed by atoms with Crippen LogP contribution in [0.3, 0.4) is 0 Å². The number of hydrogen-bond acceptors (Lipinski definition) is 6. The number of hydrogen-bond donors (Lipinski definition) is 1. The molecule has 31 heavy (non-hydrogen) atoms. The van der Waals surface area contributed by atoms with Gasteiger partial charge in [0.25, 0.3) is 0 Å². The van der Waals surface area contributed by atoms with Crippen molar-refractivity contribution >= 4 is 34.3 Å². The van der Waals surface area contributed by atoms with E-state index in [1.165, 1.54) is 22.3 Å². The SMILES string of the molecule is COc1ccc(C=CC(=O)Nc2sc3c(c2C(=O)OC(C)C)CCCCC3)cc1OC. The lowest BCUT2D eigenvalue weighted by atomic mass is 10.1. The number of carbonyl (C=O) groups is 2. The van der Waals surface area contributed by atoms with Gasteiger partial charge in [0.15, 0.2) is 11.5 Å². The average Bonchev–Trinajstić information content (AvgIpc) is 2.91. The number of ether oxygens (including phenoxy) is 3. The molecular formula is C24H29NO5S. The van der Waals surface area contributed by atoms with E-state index in [0.29, 0.717) is 22.1 Å². The van der Waals surface area contributed by atoms with Gasteiger partial charge < -0.3 is 19.5 Å². The highest BCUT2D eigenvalue weighted by molar-refractivity contribution is 7.17. The number of carbonyl (C=O) groups excluding carboxylic acids is 2. The van der Waals surface area contributed by atoms with Crippen LogP contribution in [0.5, 0.6) is 11.5 Å². The second kappa shape index (κ2) is 10.5. The third-order valence-electron chi connectivity index (χ3n) is 5.04. The first-order valence-corrected chi connectivity index (χ1v) is 11.3. The standard InChI is InChI=1S/C24H29NO5S/c1-15(2)30-24(27)22-17-8-6-5-7-9-20(17)31-23(22)25-21(26)13-11-16-10-12-18(28-3)19(14-16)29-4/h10-15H,5-9H2,1-4H3,(H,25,26). The lowest BCUT2D eigenvalue weighted by Crippen LogP contribution is -2.16. The molecule has 2 aromatic rings. The number of anilines is 1. The highest BCUT2D eigenvalue weighted by Crippen LogP contribution is 2.38. The fourth-order valence-electron chi connectivity index (χ4n) is 3.60. The van der Waals surface area contributed by atoms with E-state index in [-0.39, 0.29) is 18.0 Å². The Balaban J connectivity index is 1.82. The third-order valence-corrected chi connectivity index (χ3v) is 6.25. The molecule has 0 spiro atoms. The van der Waals surface area contributed by atoms with E-state index in [0.717, 1.165) is 43.2 Å². The van der Waals surface area contributed by atoms with Crippen molar-refractivity contribution in [1.29, 1.82) is 0 Å². The molecule has 1 N–H and O–H groups in total. The van der Waals surface area contributed by atoms with Gasteiger partial charge in [-0.3, -0.25) is 4.79 Å². The van der Waals surface area contributed by atoms with Gasteiger partial charge in [0.1, 0.15) is 5.00 Å².